The summed E-state index contributed by atoms with van der Waals surface area (Å²) in [5, 5.41) is 0. The number of halogens is 1. The molecule has 0 radical (unpaired) electrons. The number of rotatable bonds is 11. The number of aromatic nitrogens is 2. The number of fused-ring (bicyclic) bond motifs is 3. The molecule has 0 spiro atoms. The molecule has 3 aromatic rings. The number of ketones is 1. The van der Waals surface area contributed by atoms with Crippen LogP contribution >= 0.6 is 0 Å². The lowest BCUT2D eigenvalue weighted by molar-refractivity contribution is -0.120. The van der Waals surface area contributed by atoms with Gasteiger partial charge in [-0.15, -0.1) is 0 Å². The second-order valence-electron chi connectivity index (χ2n) is 10.5. The first-order chi connectivity index (χ1) is 17.9. The third-order valence-electron chi connectivity index (χ3n) is 7.32. The minimum Gasteiger partial charge on any atom is -0.494 e. The van der Waals surface area contributed by atoms with Crippen molar-refractivity contribution < 1.29 is 23.4 Å². The predicted octanol–water partition coefficient (Wildman–Crippen LogP) is 5.10. The maximum Gasteiger partial charge on any atom is 0.165 e. The average molecular weight is 510 g/mol. The van der Waals surface area contributed by atoms with Gasteiger partial charge in [0.1, 0.15) is 11.6 Å². The van der Waals surface area contributed by atoms with Gasteiger partial charge in [-0.2, -0.15) is 0 Å². The van der Waals surface area contributed by atoms with Crippen LogP contribution in [0.25, 0.3) is 22.4 Å². The van der Waals surface area contributed by atoms with Crippen LogP contribution in [0, 0.1) is 11.7 Å². The molecule has 2 aliphatic rings. The maximum absolute atomic E-state index is 14.1. The van der Waals surface area contributed by atoms with Crippen molar-refractivity contribution >= 4 is 16.8 Å². The molecule has 198 valence electrons. The number of hydrogen-bond acceptors (Lipinski definition) is 6. The monoisotopic (exact) mass is 509 g/mol. The SMILES string of the molecule is COc1cc(-c2nc3cc(OCCCN4[C@@H]5CC[C@H]4COC5)ccc3n2CC(=O)CC(C)C)ccc1F. The average Bonchev–Trinajstić information content (AvgIpc) is 3.32. The third kappa shape index (κ3) is 5.65. The number of morpholine rings is 1. The fourth-order valence-corrected chi connectivity index (χ4v) is 5.59. The first-order valence-corrected chi connectivity index (χ1v) is 13.2. The summed E-state index contributed by atoms with van der Waals surface area (Å²) in [4.78, 5) is 20.2. The molecule has 7 nitrogen and oxygen atoms in total. The van der Waals surface area contributed by atoms with E-state index in [0.29, 0.717) is 36.5 Å². The number of methoxy groups -OCH3 is 1. The highest BCUT2D eigenvalue weighted by molar-refractivity contribution is 5.86. The van der Waals surface area contributed by atoms with Crippen LogP contribution in [0.15, 0.2) is 36.4 Å². The lowest BCUT2D eigenvalue weighted by atomic mass is 10.1. The molecule has 0 amide bonds. The molecule has 0 aliphatic carbocycles. The van der Waals surface area contributed by atoms with Gasteiger partial charge in [0.2, 0.25) is 0 Å². The quantitative estimate of drug-likeness (QED) is 0.335. The number of hydrogen-bond donors (Lipinski definition) is 0. The zero-order chi connectivity index (χ0) is 25.9. The van der Waals surface area contributed by atoms with Gasteiger partial charge in [0.15, 0.2) is 17.3 Å². The van der Waals surface area contributed by atoms with Gasteiger partial charge in [-0.1, -0.05) is 13.8 Å². The van der Waals surface area contributed by atoms with Gasteiger partial charge >= 0.3 is 0 Å². The molecule has 1 aromatic heterocycles. The minimum atomic E-state index is -0.439. The fourth-order valence-electron chi connectivity index (χ4n) is 5.59. The number of carbonyl (C=O) groups is 1. The summed E-state index contributed by atoms with van der Waals surface area (Å²) in [6.07, 6.45) is 3.89. The fraction of sp³-hybridized carbons (Fsp3) is 0.517. The van der Waals surface area contributed by atoms with E-state index in [1.165, 1.54) is 26.0 Å². The molecular weight excluding hydrogens is 473 g/mol. The summed E-state index contributed by atoms with van der Waals surface area (Å²) >= 11 is 0. The number of imidazole rings is 1. The first kappa shape index (κ1) is 25.7. The van der Waals surface area contributed by atoms with Crippen molar-refractivity contribution in [2.24, 2.45) is 5.92 Å². The Morgan fingerprint density at radius 2 is 1.95 bits per heavy atom. The highest BCUT2D eigenvalue weighted by Crippen LogP contribution is 2.31. The Hall–Kier alpha value is -2.97. The summed E-state index contributed by atoms with van der Waals surface area (Å²) in [7, 11) is 1.44. The van der Waals surface area contributed by atoms with Crippen molar-refractivity contribution in [2.45, 2.75) is 58.2 Å². The van der Waals surface area contributed by atoms with Gasteiger partial charge in [-0.3, -0.25) is 9.69 Å². The van der Waals surface area contributed by atoms with Crippen molar-refractivity contribution in [2.75, 3.05) is 33.5 Å². The summed E-state index contributed by atoms with van der Waals surface area (Å²) in [5.41, 5.74) is 2.27. The molecule has 2 atom stereocenters. The van der Waals surface area contributed by atoms with Crippen molar-refractivity contribution in [3.63, 3.8) is 0 Å². The molecule has 2 fully saturated rings. The Morgan fingerprint density at radius 1 is 1.16 bits per heavy atom. The topological polar surface area (TPSA) is 65.8 Å². The lowest BCUT2D eigenvalue weighted by Gasteiger charge is -2.34. The highest BCUT2D eigenvalue weighted by Gasteiger charge is 2.36. The third-order valence-corrected chi connectivity index (χ3v) is 7.32. The Kier molecular flexibility index (Phi) is 7.76. The van der Waals surface area contributed by atoms with Crippen LogP contribution in [0.1, 0.15) is 39.5 Å². The lowest BCUT2D eigenvalue weighted by Crippen LogP contribution is -2.46. The molecule has 2 aliphatic heterocycles. The Balaban J connectivity index is 1.34. The van der Waals surface area contributed by atoms with E-state index in [9.17, 15) is 9.18 Å². The second-order valence-corrected chi connectivity index (χ2v) is 10.5. The zero-order valence-electron chi connectivity index (χ0n) is 21.9. The molecule has 0 N–H and O–H groups in total. The van der Waals surface area contributed by atoms with Crippen molar-refractivity contribution in [1.82, 2.24) is 14.5 Å². The Labute approximate surface area is 217 Å². The van der Waals surface area contributed by atoms with Crippen LogP contribution in [-0.2, 0) is 16.1 Å². The van der Waals surface area contributed by atoms with Gasteiger partial charge in [0.25, 0.3) is 0 Å². The molecule has 3 heterocycles. The number of nitrogens with zero attached hydrogens (tertiary/aromatic N) is 3. The second kappa shape index (κ2) is 11.2. The Bertz CT molecular complexity index is 1240. The van der Waals surface area contributed by atoms with Crippen molar-refractivity contribution in [1.29, 1.82) is 0 Å². The molecule has 37 heavy (non-hydrogen) atoms. The summed E-state index contributed by atoms with van der Waals surface area (Å²) in [6, 6.07) is 11.6. The van der Waals surface area contributed by atoms with Crippen molar-refractivity contribution in [3.05, 3.63) is 42.2 Å². The molecular formula is C29H36FN3O4. The smallest absolute Gasteiger partial charge is 0.165 e. The summed E-state index contributed by atoms with van der Waals surface area (Å²) in [6.45, 7) is 7.59. The minimum absolute atomic E-state index is 0.127. The normalized spacial score (nSPS) is 19.6. The van der Waals surface area contributed by atoms with E-state index in [1.807, 2.05) is 36.6 Å². The van der Waals surface area contributed by atoms with E-state index in [-0.39, 0.29) is 24.0 Å². The molecule has 0 saturated carbocycles. The van der Waals surface area contributed by atoms with E-state index < -0.39 is 5.82 Å². The van der Waals surface area contributed by atoms with Crippen LogP contribution in [0.3, 0.4) is 0 Å². The first-order valence-electron chi connectivity index (χ1n) is 13.2. The summed E-state index contributed by atoms with van der Waals surface area (Å²) in [5.74, 6) is 1.45. The van der Waals surface area contributed by atoms with E-state index in [2.05, 4.69) is 4.90 Å². The van der Waals surface area contributed by atoms with Crippen LogP contribution in [-0.4, -0.2) is 65.8 Å². The molecule has 5 rings (SSSR count). The van der Waals surface area contributed by atoms with E-state index in [0.717, 1.165) is 43.0 Å². The number of carbonyl (C=O) groups excluding carboxylic acids is 1. The Morgan fingerprint density at radius 3 is 2.68 bits per heavy atom. The van der Waals surface area contributed by atoms with Gasteiger partial charge < -0.3 is 18.8 Å². The summed E-state index contributed by atoms with van der Waals surface area (Å²) < 4.78 is 32.9. The van der Waals surface area contributed by atoms with Gasteiger partial charge in [0, 0.05) is 36.7 Å². The predicted molar refractivity (Wildman–Crippen MR) is 141 cm³/mol. The molecule has 0 unspecified atom stereocenters. The highest BCUT2D eigenvalue weighted by atomic mass is 19.1. The van der Waals surface area contributed by atoms with E-state index in [4.69, 9.17) is 19.2 Å². The van der Waals surface area contributed by atoms with E-state index >= 15 is 0 Å². The number of ether oxygens (including phenoxy) is 3. The van der Waals surface area contributed by atoms with Gasteiger partial charge in [-0.05, 0) is 55.5 Å². The molecule has 2 bridgehead atoms. The van der Waals surface area contributed by atoms with Crippen LogP contribution < -0.4 is 9.47 Å². The maximum atomic E-state index is 14.1. The van der Waals surface area contributed by atoms with Crippen molar-refractivity contribution in [3.8, 4) is 22.9 Å². The van der Waals surface area contributed by atoms with Gasteiger partial charge in [-0.25, -0.2) is 9.37 Å². The number of benzene rings is 2. The molecule has 2 saturated heterocycles. The van der Waals surface area contributed by atoms with Gasteiger partial charge in [0.05, 0.1) is 44.5 Å². The molecule has 2 aromatic carbocycles. The standard InChI is InChI=1S/C29H36FN3O4/c1-19(2)13-23(34)16-33-27-10-8-24(37-12-4-11-32-21-6-7-22(32)18-36-17-21)15-26(27)31-29(33)20-5-9-25(30)28(14-20)35-3/h5,8-10,14-15,19,21-22H,4,6-7,11-13,16-18H2,1-3H3/t21-,22+. The van der Waals surface area contributed by atoms with Crippen LogP contribution in [0.4, 0.5) is 4.39 Å². The molecule has 8 heteroatoms. The zero-order valence-corrected chi connectivity index (χ0v) is 21.9. The largest absolute Gasteiger partial charge is 0.494 e. The van der Waals surface area contributed by atoms with Crippen LogP contribution in [0.2, 0.25) is 0 Å². The van der Waals surface area contributed by atoms with E-state index in [1.54, 1.807) is 12.1 Å². The van der Waals surface area contributed by atoms with Crippen LogP contribution in [0.5, 0.6) is 11.5 Å². The number of Topliss-reactive ketones (excluding diaryl/α,β-unsaturated/α-hetero) is 1.